The van der Waals surface area contributed by atoms with Crippen LogP contribution < -0.4 is 5.32 Å². The van der Waals surface area contributed by atoms with E-state index in [9.17, 15) is 5.11 Å². The lowest BCUT2D eigenvalue weighted by molar-refractivity contribution is 0.105. The molecule has 2 aromatic rings. The molecule has 1 atom stereocenters. The number of rotatable bonds is 4. The first kappa shape index (κ1) is 10.9. The van der Waals surface area contributed by atoms with Crippen molar-refractivity contribution in [3.8, 4) is 0 Å². The molecule has 1 unspecified atom stereocenters. The Balaban J connectivity index is 2.13. The zero-order chi connectivity index (χ0) is 11.4. The molecule has 0 fully saturated rings. The van der Waals surface area contributed by atoms with Crippen LogP contribution >= 0.6 is 0 Å². The fourth-order valence-electron chi connectivity index (χ4n) is 1.60. The van der Waals surface area contributed by atoms with Gasteiger partial charge in [0.1, 0.15) is 0 Å². The summed E-state index contributed by atoms with van der Waals surface area (Å²) in [7, 11) is 0. The van der Waals surface area contributed by atoms with Gasteiger partial charge < -0.3 is 15.5 Å². The quantitative estimate of drug-likeness (QED) is 0.729. The molecule has 0 aliphatic carbocycles. The highest BCUT2D eigenvalue weighted by Crippen LogP contribution is 2.18. The predicted molar refractivity (Wildman–Crippen MR) is 65.5 cm³/mol. The molecule has 0 saturated carbocycles. The minimum Gasteiger partial charge on any atom is -0.394 e. The summed E-state index contributed by atoms with van der Waals surface area (Å²) >= 11 is 0. The van der Waals surface area contributed by atoms with E-state index in [1.54, 1.807) is 0 Å². The van der Waals surface area contributed by atoms with Crippen LogP contribution in [0.5, 0.6) is 0 Å². The lowest BCUT2D eigenvalue weighted by Gasteiger charge is -2.10. The zero-order valence-electron chi connectivity index (χ0n) is 8.93. The largest absolute Gasteiger partial charge is 0.394 e. The molecule has 2 aromatic carbocycles. The molecule has 0 aliphatic rings. The van der Waals surface area contributed by atoms with Gasteiger partial charge in [-0.15, -0.1) is 0 Å². The van der Waals surface area contributed by atoms with E-state index in [4.69, 9.17) is 5.11 Å². The second-order valence-electron chi connectivity index (χ2n) is 3.78. The molecule has 0 amide bonds. The van der Waals surface area contributed by atoms with Gasteiger partial charge in [0.15, 0.2) is 0 Å². The van der Waals surface area contributed by atoms with E-state index < -0.39 is 6.10 Å². The van der Waals surface area contributed by atoms with Crippen molar-refractivity contribution in [2.75, 3.05) is 18.5 Å². The number of aliphatic hydroxyl groups excluding tert-OH is 2. The van der Waals surface area contributed by atoms with Crippen molar-refractivity contribution in [1.29, 1.82) is 0 Å². The van der Waals surface area contributed by atoms with Crippen LogP contribution in [0.3, 0.4) is 0 Å². The maximum atomic E-state index is 9.22. The number of fused-ring (bicyclic) bond motifs is 1. The fraction of sp³-hybridized carbons (Fsp3) is 0.231. The zero-order valence-corrected chi connectivity index (χ0v) is 8.93. The van der Waals surface area contributed by atoms with E-state index in [0.29, 0.717) is 6.54 Å². The second kappa shape index (κ2) is 4.96. The van der Waals surface area contributed by atoms with Crippen LogP contribution in [0.2, 0.25) is 0 Å². The van der Waals surface area contributed by atoms with Crippen molar-refractivity contribution in [1.82, 2.24) is 0 Å². The number of aliphatic hydroxyl groups is 2. The van der Waals surface area contributed by atoms with Crippen molar-refractivity contribution < 1.29 is 10.2 Å². The third-order valence-electron chi connectivity index (χ3n) is 2.50. The molecule has 3 N–H and O–H groups in total. The molecule has 2 rings (SSSR count). The summed E-state index contributed by atoms with van der Waals surface area (Å²) in [4.78, 5) is 0. The summed E-state index contributed by atoms with van der Waals surface area (Å²) in [5.41, 5.74) is 0.950. The summed E-state index contributed by atoms with van der Waals surface area (Å²) in [5.74, 6) is 0. The summed E-state index contributed by atoms with van der Waals surface area (Å²) in [6.07, 6.45) is -0.716. The Labute approximate surface area is 94.3 Å². The van der Waals surface area contributed by atoms with Crippen molar-refractivity contribution in [2.24, 2.45) is 0 Å². The van der Waals surface area contributed by atoms with E-state index in [1.807, 2.05) is 36.4 Å². The van der Waals surface area contributed by atoms with Gasteiger partial charge in [-0.25, -0.2) is 0 Å². The Morgan fingerprint density at radius 3 is 2.56 bits per heavy atom. The van der Waals surface area contributed by atoms with Gasteiger partial charge in [-0.1, -0.05) is 30.3 Å². The van der Waals surface area contributed by atoms with E-state index >= 15 is 0 Å². The maximum Gasteiger partial charge on any atom is 0.0942 e. The second-order valence-corrected chi connectivity index (χ2v) is 3.78. The molecule has 0 aromatic heterocycles. The number of anilines is 1. The molecule has 3 heteroatoms. The van der Waals surface area contributed by atoms with Crippen molar-refractivity contribution in [2.45, 2.75) is 6.10 Å². The van der Waals surface area contributed by atoms with Gasteiger partial charge in [0.25, 0.3) is 0 Å². The van der Waals surface area contributed by atoms with Crippen LogP contribution in [0.1, 0.15) is 0 Å². The van der Waals surface area contributed by atoms with Gasteiger partial charge in [-0.2, -0.15) is 0 Å². The monoisotopic (exact) mass is 217 g/mol. The normalized spacial score (nSPS) is 12.6. The number of benzene rings is 2. The summed E-state index contributed by atoms with van der Waals surface area (Å²) < 4.78 is 0. The molecule has 0 radical (unpaired) electrons. The van der Waals surface area contributed by atoms with Gasteiger partial charge in [-0.05, 0) is 22.9 Å². The van der Waals surface area contributed by atoms with E-state index in [0.717, 1.165) is 11.1 Å². The van der Waals surface area contributed by atoms with E-state index in [-0.39, 0.29) is 6.61 Å². The Morgan fingerprint density at radius 2 is 1.81 bits per heavy atom. The maximum absolute atomic E-state index is 9.22. The van der Waals surface area contributed by atoms with Crippen LogP contribution in [0.4, 0.5) is 5.69 Å². The Morgan fingerprint density at radius 1 is 1.06 bits per heavy atom. The molecular formula is C13H15NO2. The molecule has 16 heavy (non-hydrogen) atoms. The van der Waals surface area contributed by atoms with Crippen LogP contribution in [-0.2, 0) is 0 Å². The first-order valence-electron chi connectivity index (χ1n) is 5.31. The molecule has 84 valence electrons. The lowest BCUT2D eigenvalue weighted by atomic mass is 10.1. The topological polar surface area (TPSA) is 52.5 Å². The van der Waals surface area contributed by atoms with Gasteiger partial charge >= 0.3 is 0 Å². The van der Waals surface area contributed by atoms with Gasteiger partial charge in [0.05, 0.1) is 12.7 Å². The first-order chi connectivity index (χ1) is 7.79. The summed E-state index contributed by atoms with van der Waals surface area (Å²) in [6.45, 7) is 0.134. The number of hydrogen-bond donors (Lipinski definition) is 3. The van der Waals surface area contributed by atoms with Crippen molar-refractivity contribution in [3.63, 3.8) is 0 Å². The lowest BCUT2D eigenvalue weighted by Crippen LogP contribution is -2.22. The van der Waals surface area contributed by atoms with Crippen LogP contribution in [0.25, 0.3) is 10.8 Å². The number of hydrogen-bond acceptors (Lipinski definition) is 3. The van der Waals surface area contributed by atoms with E-state index in [1.165, 1.54) is 5.39 Å². The Hall–Kier alpha value is -1.58. The highest BCUT2D eigenvalue weighted by Gasteiger charge is 2.01. The molecule has 0 aliphatic heterocycles. The smallest absolute Gasteiger partial charge is 0.0942 e. The van der Waals surface area contributed by atoms with Crippen molar-refractivity contribution in [3.05, 3.63) is 42.5 Å². The summed E-state index contributed by atoms with van der Waals surface area (Å²) in [6, 6.07) is 14.1. The van der Waals surface area contributed by atoms with Crippen LogP contribution in [0, 0.1) is 0 Å². The fourth-order valence-corrected chi connectivity index (χ4v) is 1.60. The highest BCUT2D eigenvalue weighted by atomic mass is 16.3. The molecule has 0 saturated heterocycles. The van der Waals surface area contributed by atoms with E-state index in [2.05, 4.69) is 11.4 Å². The SMILES string of the molecule is OCC(O)CNc1ccc2ccccc2c1. The van der Waals surface area contributed by atoms with Crippen LogP contribution in [0.15, 0.2) is 42.5 Å². The third-order valence-corrected chi connectivity index (χ3v) is 2.50. The standard InChI is InChI=1S/C13H15NO2/c15-9-13(16)8-14-12-6-5-10-3-1-2-4-11(10)7-12/h1-7,13-16H,8-9H2. The minimum atomic E-state index is -0.716. The van der Waals surface area contributed by atoms with Gasteiger partial charge in [-0.3, -0.25) is 0 Å². The van der Waals surface area contributed by atoms with Crippen molar-refractivity contribution >= 4 is 16.5 Å². The Bertz CT molecular complexity index is 470. The Kier molecular flexibility index (Phi) is 3.39. The molecule has 0 bridgehead atoms. The van der Waals surface area contributed by atoms with Gasteiger partial charge in [0.2, 0.25) is 0 Å². The molecule has 0 spiro atoms. The molecule has 0 heterocycles. The molecular weight excluding hydrogens is 202 g/mol. The minimum absolute atomic E-state index is 0.222. The number of nitrogens with one attached hydrogen (secondary N) is 1. The molecule has 3 nitrogen and oxygen atoms in total. The average Bonchev–Trinajstić information content (AvgIpc) is 2.35. The first-order valence-corrected chi connectivity index (χ1v) is 5.31. The van der Waals surface area contributed by atoms with Gasteiger partial charge in [0, 0.05) is 12.2 Å². The average molecular weight is 217 g/mol. The highest BCUT2D eigenvalue weighted by molar-refractivity contribution is 5.85. The van der Waals surface area contributed by atoms with Crippen LogP contribution in [-0.4, -0.2) is 29.5 Å². The third kappa shape index (κ3) is 2.51. The predicted octanol–water partition coefficient (Wildman–Crippen LogP) is 1.60. The summed E-state index contributed by atoms with van der Waals surface area (Å²) in [5, 5.41) is 23.3.